The van der Waals surface area contributed by atoms with Crippen LogP contribution in [0.1, 0.15) is 44.6 Å². The lowest BCUT2D eigenvalue weighted by Gasteiger charge is -2.04. The lowest BCUT2D eigenvalue weighted by molar-refractivity contribution is 0.631. The Hall–Kier alpha value is 0.110. The third-order valence-corrected chi connectivity index (χ3v) is 3.58. The maximum Gasteiger partial charge on any atom is 0.109 e. The summed E-state index contributed by atoms with van der Waals surface area (Å²) in [4.78, 5) is 4.26. The fraction of sp³-hybridized carbons (Fsp3) is 0.583. The molecule has 1 heterocycles. The van der Waals surface area contributed by atoms with Crippen LogP contribution in [0, 0.1) is 0 Å². The normalized spacial score (nSPS) is 10.6. The van der Waals surface area contributed by atoms with Crippen LogP contribution < -0.4 is 0 Å². The molecule has 15 heavy (non-hydrogen) atoms. The summed E-state index contributed by atoms with van der Waals surface area (Å²) < 4.78 is 2.05. The van der Waals surface area contributed by atoms with E-state index in [0.717, 1.165) is 15.5 Å². The fourth-order valence-electron chi connectivity index (χ4n) is 1.56. The quantitative estimate of drug-likeness (QED) is 0.519. The summed E-state index contributed by atoms with van der Waals surface area (Å²) >= 11 is 6.93. The third-order valence-electron chi connectivity index (χ3n) is 2.43. The molecule has 0 radical (unpaired) electrons. The highest BCUT2D eigenvalue weighted by atomic mass is 79.9. The first-order chi connectivity index (χ1) is 7.24. The standard InChI is InChI=1S/C12H17Br2N/c1-2-3-4-5-6-7-10-8-11(13)9-15-12(10)14/h8-9H,2-7H2,1H3. The molecule has 0 spiro atoms. The molecule has 3 heteroatoms. The molecule has 1 aromatic rings. The average molecular weight is 335 g/mol. The highest BCUT2D eigenvalue weighted by Gasteiger charge is 2.01. The largest absolute Gasteiger partial charge is 0.248 e. The molecule has 0 fully saturated rings. The van der Waals surface area contributed by atoms with E-state index in [-0.39, 0.29) is 0 Å². The van der Waals surface area contributed by atoms with Gasteiger partial charge in [0.25, 0.3) is 0 Å². The summed E-state index contributed by atoms with van der Waals surface area (Å²) in [6.07, 6.45) is 9.56. The van der Waals surface area contributed by atoms with Gasteiger partial charge in [0.15, 0.2) is 0 Å². The molecular weight excluding hydrogens is 318 g/mol. The third kappa shape index (κ3) is 5.12. The number of hydrogen-bond donors (Lipinski definition) is 0. The summed E-state index contributed by atoms with van der Waals surface area (Å²) in [6, 6.07) is 2.15. The van der Waals surface area contributed by atoms with E-state index in [2.05, 4.69) is 49.8 Å². The van der Waals surface area contributed by atoms with Crippen molar-refractivity contribution in [2.24, 2.45) is 0 Å². The van der Waals surface area contributed by atoms with Crippen molar-refractivity contribution in [1.29, 1.82) is 0 Å². The zero-order valence-corrected chi connectivity index (χ0v) is 12.3. The number of nitrogens with zero attached hydrogens (tertiary/aromatic N) is 1. The van der Waals surface area contributed by atoms with Gasteiger partial charge in [-0.25, -0.2) is 4.98 Å². The van der Waals surface area contributed by atoms with Crippen molar-refractivity contribution in [3.8, 4) is 0 Å². The second kappa shape index (κ2) is 7.39. The number of pyridine rings is 1. The molecule has 0 saturated carbocycles. The predicted octanol–water partition coefficient (Wildman–Crippen LogP) is 5.12. The highest BCUT2D eigenvalue weighted by molar-refractivity contribution is 9.11. The van der Waals surface area contributed by atoms with E-state index in [0.29, 0.717) is 0 Å². The Morgan fingerprint density at radius 1 is 1.13 bits per heavy atom. The van der Waals surface area contributed by atoms with Crippen LogP contribution >= 0.6 is 31.9 Å². The summed E-state index contributed by atoms with van der Waals surface area (Å²) in [7, 11) is 0. The monoisotopic (exact) mass is 333 g/mol. The number of hydrogen-bond acceptors (Lipinski definition) is 1. The minimum absolute atomic E-state index is 0.987. The molecule has 0 bridgehead atoms. The van der Waals surface area contributed by atoms with Crippen molar-refractivity contribution in [2.75, 3.05) is 0 Å². The van der Waals surface area contributed by atoms with Crippen molar-refractivity contribution < 1.29 is 0 Å². The molecule has 1 aromatic heterocycles. The van der Waals surface area contributed by atoms with E-state index in [1.54, 1.807) is 0 Å². The Balaban J connectivity index is 2.33. The minimum Gasteiger partial charge on any atom is -0.248 e. The molecule has 0 aromatic carbocycles. The van der Waals surface area contributed by atoms with Crippen LogP contribution in [-0.2, 0) is 6.42 Å². The number of unbranched alkanes of at least 4 members (excludes halogenated alkanes) is 4. The maximum absolute atomic E-state index is 4.26. The zero-order valence-electron chi connectivity index (χ0n) is 9.10. The summed E-state index contributed by atoms with van der Waals surface area (Å²) in [6.45, 7) is 2.24. The molecule has 0 aliphatic rings. The number of rotatable bonds is 6. The van der Waals surface area contributed by atoms with Crippen LogP contribution in [0.4, 0.5) is 0 Å². The summed E-state index contributed by atoms with van der Waals surface area (Å²) in [5.41, 5.74) is 1.31. The molecule has 0 atom stereocenters. The Morgan fingerprint density at radius 2 is 1.87 bits per heavy atom. The molecule has 0 unspecified atom stereocenters. The van der Waals surface area contributed by atoms with Gasteiger partial charge in [-0.15, -0.1) is 0 Å². The summed E-state index contributed by atoms with van der Waals surface area (Å²) in [5.74, 6) is 0. The van der Waals surface area contributed by atoms with E-state index in [1.165, 1.54) is 37.7 Å². The second-order valence-electron chi connectivity index (χ2n) is 3.77. The lowest BCUT2D eigenvalue weighted by atomic mass is 10.1. The van der Waals surface area contributed by atoms with Crippen molar-refractivity contribution >= 4 is 31.9 Å². The van der Waals surface area contributed by atoms with Crippen LogP contribution in [0.15, 0.2) is 21.3 Å². The molecule has 1 nitrogen and oxygen atoms in total. The Kier molecular flexibility index (Phi) is 6.50. The van der Waals surface area contributed by atoms with Gasteiger partial charge in [-0.3, -0.25) is 0 Å². The van der Waals surface area contributed by atoms with Gasteiger partial charge in [0, 0.05) is 10.7 Å². The minimum atomic E-state index is 0.987. The van der Waals surface area contributed by atoms with Crippen molar-refractivity contribution in [3.63, 3.8) is 0 Å². The van der Waals surface area contributed by atoms with E-state index in [9.17, 15) is 0 Å². The zero-order chi connectivity index (χ0) is 11.1. The molecule has 84 valence electrons. The SMILES string of the molecule is CCCCCCCc1cc(Br)cnc1Br. The van der Waals surface area contributed by atoms with Crippen LogP contribution in [0.5, 0.6) is 0 Å². The van der Waals surface area contributed by atoms with Crippen molar-refractivity contribution in [3.05, 3.63) is 26.9 Å². The molecule has 1 rings (SSSR count). The van der Waals surface area contributed by atoms with Crippen molar-refractivity contribution in [2.45, 2.75) is 45.4 Å². The Labute approximate surface area is 109 Å². The fourth-order valence-corrected chi connectivity index (χ4v) is 2.35. The molecule has 0 N–H and O–H groups in total. The molecular formula is C12H17Br2N. The molecule has 0 saturated heterocycles. The van der Waals surface area contributed by atoms with E-state index in [4.69, 9.17) is 0 Å². The predicted molar refractivity (Wildman–Crippen MR) is 72.1 cm³/mol. The van der Waals surface area contributed by atoms with Gasteiger partial charge in [0.2, 0.25) is 0 Å². The van der Waals surface area contributed by atoms with E-state index in [1.807, 2.05) is 6.20 Å². The van der Waals surface area contributed by atoms with E-state index < -0.39 is 0 Å². The van der Waals surface area contributed by atoms with Crippen LogP contribution in [0.3, 0.4) is 0 Å². The first kappa shape index (κ1) is 13.2. The number of aryl methyl sites for hydroxylation is 1. The van der Waals surface area contributed by atoms with Crippen LogP contribution in [-0.4, -0.2) is 4.98 Å². The van der Waals surface area contributed by atoms with Gasteiger partial charge >= 0.3 is 0 Å². The maximum atomic E-state index is 4.26. The lowest BCUT2D eigenvalue weighted by Crippen LogP contribution is -1.90. The molecule has 0 amide bonds. The smallest absolute Gasteiger partial charge is 0.109 e. The van der Waals surface area contributed by atoms with Crippen LogP contribution in [0.2, 0.25) is 0 Å². The van der Waals surface area contributed by atoms with Gasteiger partial charge in [-0.2, -0.15) is 0 Å². The second-order valence-corrected chi connectivity index (χ2v) is 5.43. The number of halogens is 2. The first-order valence-corrected chi connectivity index (χ1v) is 7.12. The van der Waals surface area contributed by atoms with Gasteiger partial charge in [-0.05, 0) is 56.3 Å². The van der Waals surface area contributed by atoms with Gasteiger partial charge in [0.1, 0.15) is 4.60 Å². The highest BCUT2D eigenvalue weighted by Crippen LogP contribution is 2.20. The van der Waals surface area contributed by atoms with Crippen LogP contribution in [0.25, 0.3) is 0 Å². The number of aromatic nitrogens is 1. The van der Waals surface area contributed by atoms with Gasteiger partial charge < -0.3 is 0 Å². The Bertz CT molecular complexity index is 300. The van der Waals surface area contributed by atoms with Gasteiger partial charge in [0.05, 0.1) is 0 Å². The Morgan fingerprint density at radius 3 is 2.60 bits per heavy atom. The van der Waals surface area contributed by atoms with Gasteiger partial charge in [-0.1, -0.05) is 32.6 Å². The first-order valence-electron chi connectivity index (χ1n) is 5.54. The topological polar surface area (TPSA) is 12.9 Å². The molecule has 0 aliphatic carbocycles. The van der Waals surface area contributed by atoms with E-state index >= 15 is 0 Å². The average Bonchev–Trinajstić information content (AvgIpc) is 2.23. The molecule has 0 aliphatic heterocycles. The summed E-state index contributed by atoms with van der Waals surface area (Å²) in [5, 5.41) is 0. The van der Waals surface area contributed by atoms with Crippen molar-refractivity contribution in [1.82, 2.24) is 4.98 Å².